The first-order valence-corrected chi connectivity index (χ1v) is 10.3. The van der Waals surface area contributed by atoms with Crippen LogP contribution in [-0.2, 0) is 16.0 Å². The maximum Gasteiger partial charge on any atom is 0.244 e. The molecule has 0 radical (unpaired) electrons. The molecular formula is C24H30N2O4. The maximum atomic E-state index is 12.1. The van der Waals surface area contributed by atoms with Gasteiger partial charge in [-0.15, -0.1) is 0 Å². The highest BCUT2D eigenvalue weighted by atomic mass is 16.5. The lowest BCUT2D eigenvalue weighted by atomic mass is 10.1. The zero-order chi connectivity index (χ0) is 21.8. The molecule has 0 unspecified atom stereocenters. The number of rotatable bonds is 11. The molecule has 6 heteroatoms. The molecule has 0 saturated heterocycles. The lowest BCUT2D eigenvalue weighted by Crippen LogP contribution is -2.31. The van der Waals surface area contributed by atoms with E-state index in [0.29, 0.717) is 24.7 Å². The topological polar surface area (TPSA) is 76.7 Å². The average Bonchev–Trinajstić information content (AvgIpc) is 2.76. The van der Waals surface area contributed by atoms with Crippen LogP contribution < -0.4 is 20.1 Å². The number of aryl methyl sites for hydroxylation is 1. The minimum atomic E-state index is -0.349. The van der Waals surface area contributed by atoms with Crippen LogP contribution in [0, 0.1) is 0 Å². The van der Waals surface area contributed by atoms with Crippen molar-refractivity contribution in [2.24, 2.45) is 0 Å². The molecule has 0 fully saturated rings. The number of hydrogen-bond acceptors (Lipinski definition) is 4. The second-order valence-corrected chi connectivity index (χ2v) is 6.60. The third-order valence-corrected chi connectivity index (χ3v) is 4.25. The van der Waals surface area contributed by atoms with Gasteiger partial charge >= 0.3 is 0 Å². The van der Waals surface area contributed by atoms with Crippen LogP contribution in [0.15, 0.2) is 48.5 Å². The standard InChI is InChI=1S/C24H30N2O4/c1-4-15-30-21-13-11-18(16-22(21)29-6-3)12-14-23(27)25-17-24(28)26-20-10-8-7-9-19(20)5-2/h7-14,16H,4-6,15,17H2,1-3H3,(H,25,27)(H,26,28)/b14-12+. The van der Waals surface area contributed by atoms with E-state index in [1.807, 2.05) is 63.2 Å². The summed E-state index contributed by atoms with van der Waals surface area (Å²) in [4.78, 5) is 24.2. The molecule has 0 saturated carbocycles. The summed E-state index contributed by atoms with van der Waals surface area (Å²) in [5.74, 6) is 0.707. The molecule has 0 heterocycles. The molecule has 0 atom stereocenters. The molecular weight excluding hydrogens is 380 g/mol. The van der Waals surface area contributed by atoms with E-state index in [2.05, 4.69) is 10.6 Å². The molecule has 2 amide bonds. The van der Waals surface area contributed by atoms with Crippen LogP contribution in [0.2, 0.25) is 0 Å². The Bertz CT molecular complexity index is 877. The summed E-state index contributed by atoms with van der Waals surface area (Å²) in [7, 11) is 0. The summed E-state index contributed by atoms with van der Waals surface area (Å²) >= 11 is 0. The lowest BCUT2D eigenvalue weighted by molar-refractivity contribution is -0.121. The van der Waals surface area contributed by atoms with Crippen LogP contribution in [0.5, 0.6) is 11.5 Å². The van der Waals surface area contributed by atoms with Gasteiger partial charge in [-0.2, -0.15) is 0 Å². The Labute approximate surface area is 178 Å². The molecule has 30 heavy (non-hydrogen) atoms. The molecule has 0 bridgehead atoms. The van der Waals surface area contributed by atoms with Crippen LogP contribution in [0.1, 0.15) is 38.3 Å². The van der Waals surface area contributed by atoms with Crippen molar-refractivity contribution in [3.63, 3.8) is 0 Å². The summed E-state index contributed by atoms with van der Waals surface area (Å²) in [5.41, 5.74) is 2.62. The summed E-state index contributed by atoms with van der Waals surface area (Å²) in [6.07, 6.45) is 4.79. The molecule has 0 aromatic heterocycles. The van der Waals surface area contributed by atoms with E-state index in [0.717, 1.165) is 29.7 Å². The number of nitrogens with one attached hydrogen (secondary N) is 2. The number of amides is 2. The van der Waals surface area contributed by atoms with Crippen molar-refractivity contribution in [1.82, 2.24) is 5.32 Å². The third kappa shape index (κ3) is 7.28. The van der Waals surface area contributed by atoms with Crippen molar-refractivity contribution in [2.45, 2.75) is 33.6 Å². The van der Waals surface area contributed by atoms with Gasteiger partial charge in [0.25, 0.3) is 0 Å². The quantitative estimate of drug-likeness (QED) is 0.544. The van der Waals surface area contributed by atoms with E-state index in [-0.39, 0.29) is 18.4 Å². The van der Waals surface area contributed by atoms with E-state index < -0.39 is 0 Å². The highest BCUT2D eigenvalue weighted by Crippen LogP contribution is 2.29. The van der Waals surface area contributed by atoms with Gasteiger partial charge in [0.05, 0.1) is 19.8 Å². The van der Waals surface area contributed by atoms with Crippen molar-refractivity contribution in [1.29, 1.82) is 0 Å². The molecule has 2 aromatic rings. The fourth-order valence-electron chi connectivity index (χ4n) is 2.77. The van der Waals surface area contributed by atoms with Crippen molar-refractivity contribution >= 4 is 23.6 Å². The smallest absolute Gasteiger partial charge is 0.244 e. The summed E-state index contributed by atoms with van der Waals surface area (Å²) in [5, 5.41) is 5.42. The van der Waals surface area contributed by atoms with E-state index >= 15 is 0 Å². The minimum Gasteiger partial charge on any atom is -0.490 e. The SMILES string of the molecule is CCCOc1ccc(/C=C/C(=O)NCC(=O)Nc2ccccc2CC)cc1OCC. The fraction of sp³-hybridized carbons (Fsp3) is 0.333. The van der Waals surface area contributed by atoms with E-state index in [9.17, 15) is 9.59 Å². The van der Waals surface area contributed by atoms with Crippen molar-refractivity contribution in [3.8, 4) is 11.5 Å². The summed E-state index contributed by atoms with van der Waals surface area (Å²) < 4.78 is 11.3. The number of carbonyl (C=O) groups excluding carboxylic acids is 2. The lowest BCUT2D eigenvalue weighted by Gasteiger charge is -2.12. The van der Waals surface area contributed by atoms with Gasteiger partial charge in [0.2, 0.25) is 11.8 Å². The zero-order valence-corrected chi connectivity index (χ0v) is 17.9. The fourth-order valence-corrected chi connectivity index (χ4v) is 2.77. The van der Waals surface area contributed by atoms with Gasteiger partial charge in [0.15, 0.2) is 11.5 Å². The summed E-state index contributed by atoms with van der Waals surface area (Å²) in [6, 6.07) is 13.1. The van der Waals surface area contributed by atoms with Gasteiger partial charge in [-0.1, -0.05) is 38.1 Å². The molecule has 0 aliphatic heterocycles. The number of benzene rings is 2. The molecule has 160 valence electrons. The number of hydrogen-bond donors (Lipinski definition) is 2. The van der Waals surface area contributed by atoms with Gasteiger partial charge in [-0.3, -0.25) is 9.59 Å². The number of ether oxygens (including phenoxy) is 2. The predicted octanol–water partition coefficient (Wildman–Crippen LogP) is 4.20. The molecule has 0 spiro atoms. The zero-order valence-electron chi connectivity index (χ0n) is 17.9. The number of carbonyl (C=O) groups is 2. The Hall–Kier alpha value is -3.28. The predicted molar refractivity (Wildman–Crippen MR) is 120 cm³/mol. The molecule has 2 aromatic carbocycles. The van der Waals surface area contributed by atoms with Crippen LogP contribution in [0.4, 0.5) is 5.69 Å². The van der Waals surface area contributed by atoms with Gasteiger partial charge in [-0.25, -0.2) is 0 Å². The van der Waals surface area contributed by atoms with Gasteiger partial charge < -0.3 is 20.1 Å². The van der Waals surface area contributed by atoms with E-state index in [1.54, 1.807) is 6.08 Å². The average molecular weight is 411 g/mol. The van der Waals surface area contributed by atoms with Crippen LogP contribution >= 0.6 is 0 Å². The molecule has 0 aliphatic rings. The molecule has 6 nitrogen and oxygen atoms in total. The van der Waals surface area contributed by atoms with Gasteiger partial charge in [0, 0.05) is 11.8 Å². The first-order valence-electron chi connectivity index (χ1n) is 10.3. The first-order chi connectivity index (χ1) is 14.6. The monoisotopic (exact) mass is 410 g/mol. The number of anilines is 1. The van der Waals surface area contributed by atoms with Crippen LogP contribution in [-0.4, -0.2) is 31.6 Å². The Kier molecular flexibility index (Phi) is 9.45. The highest BCUT2D eigenvalue weighted by Gasteiger charge is 2.08. The van der Waals surface area contributed by atoms with Crippen LogP contribution in [0.25, 0.3) is 6.08 Å². The second kappa shape index (κ2) is 12.3. The Morgan fingerprint density at radius 2 is 1.80 bits per heavy atom. The Morgan fingerprint density at radius 3 is 2.53 bits per heavy atom. The molecule has 0 aliphatic carbocycles. The summed E-state index contributed by atoms with van der Waals surface area (Å²) in [6.45, 7) is 7.00. The maximum absolute atomic E-state index is 12.1. The third-order valence-electron chi connectivity index (χ3n) is 4.25. The van der Waals surface area contributed by atoms with Crippen molar-refractivity contribution in [3.05, 3.63) is 59.7 Å². The van der Waals surface area contributed by atoms with Crippen molar-refractivity contribution in [2.75, 3.05) is 25.1 Å². The highest BCUT2D eigenvalue weighted by molar-refractivity contribution is 5.98. The normalized spacial score (nSPS) is 10.6. The number of para-hydroxylation sites is 1. The molecule has 2 N–H and O–H groups in total. The Balaban J connectivity index is 1.90. The Morgan fingerprint density at radius 1 is 1.00 bits per heavy atom. The van der Waals surface area contributed by atoms with Crippen molar-refractivity contribution < 1.29 is 19.1 Å². The van der Waals surface area contributed by atoms with Gasteiger partial charge in [-0.05, 0) is 55.2 Å². The van der Waals surface area contributed by atoms with Crippen LogP contribution in [0.3, 0.4) is 0 Å². The minimum absolute atomic E-state index is 0.102. The first kappa shape index (κ1) is 23.0. The van der Waals surface area contributed by atoms with Gasteiger partial charge in [0.1, 0.15) is 0 Å². The largest absolute Gasteiger partial charge is 0.490 e. The second-order valence-electron chi connectivity index (χ2n) is 6.60. The van der Waals surface area contributed by atoms with E-state index in [1.165, 1.54) is 6.08 Å². The molecule has 2 rings (SSSR count). The van der Waals surface area contributed by atoms with E-state index in [4.69, 9.17) is 9.47 Å².